The first kappa shape index (κ1) is 19.5. The number of hydrogen-bond donors (Lipinski definition) is 1. The first-order chi connectivity index (χ1) is 11.6. The minimum absolute atomic E-state index is 0.0363. The number of esters is 1. The van der Waals surface area contributed by atoms with Gasteiger partial charge in [-0.05, 0) is 18.6 Å². The lowest BCUT2D eigenvalue weighted by atomic mass is 10.2. The number of aryl methyl sites for hydroxylation is 1. The second kappa shape index (κ2) is 11.1. The first-order valence-electron chi connectivity index (χ1n) is 7.47. The number of nitrogens with one attached hydrogen (secondary N) is 1. The number of ether oxygens (including phenoxy) is 4. The normalized spacial score (nSPS) is 11.2. The third-order valence-corrected chi connectivity index (χ3v) is 2.93. The molecule has 0 heterocycles. The van der Waals surface area contributed by atoms with Crippen LogP contribution < -0.4 is 10.1 Å². The fourth-order valence-corrected chi connectivity index (χ4v) is 1.76. The Labute approximate surface area is 141 Å². The number of carbonyl (C=O) groups is 2. The lowest BCUT2D eigenvalue weighted by Crippen LogP contribution is -2.36. The maximum atomic E-state index is 11.7. The molecule has 1 aromatic carbocycles. The Kier molecular flexibility index (Phi) is 8.99. The molecule has 0 radical (unpaired) electrons. The van der Waals surface area contributed by atoms with Gasteiger partial charge >= 0.3 is 12.1 Å². The first-order valence-corrected chi connectivity index (χ1v) is 7.47. The fraction of sp³-hybridized carbons (Fsp3) is 0.412. The van der Waals surface area contributed by atoms with Crippen LogP contribution in [0.2, 0.25) is 0 Å². The predicted octanol–water partition coefficient (Wildman–Crippen LogP) is 1.84. The van der Waals surface area contributed by atoms with Gasteiger partial charge in [0.2, 0.25) is 0 Å². The van der Waals surface area contributed by atoms with E-state index in [1.54, 1.807) is 0 Å². The summed E-state index contributed by atoms with van der Waals surface area (Å²) in [4.78, 5) is 22.6. The number of methoxy groups -OCH3 is 1. The molecule has 1 N–H and O–H groups in total. The zero-order chi connectivity index (χ0) is 17.8. The number of amides is 1. The number of hydrogen-bond acceptors (Lipinski definition) is 6. The van der Waals surface area contributed by atoms with E-state index < -0.39 is 18.2 Å². The number of carbonyl (C=O) groups excluding carboxylic acids is 2. The maximum absolute atomic E-state index is 11.7. The van der Waals surface area contributed by atoms with Crippen LogP contribution in [0.4, 0.5) is 4.79 Å². The molecule has 1 unspecified atom stereocenters. The molecule has 0 aliphatic carbocycles. The highest BCUT2D eigenvalue weighted by Gasteiger charge is 2.15. The topological polar surface area (TPSA) is 83.1 Å². The summed E-state index contributed by atoms with van der Waals surface area (Å²) in [5, 5.41) is 2.48. The van der Waals surface area contributed by atoms with E-state index in [1.807, 2.05) is 31.2 Å². The minimum Gasteiger partial charge on any atom is -0.489 e. The second-order valence-electron chi connectivity index (χ2n) is 4.86. The molecule has 0 aliphatic rings. The van der Waals surface area contributed by atoms with Crippen molar-refractivity contribution in [3.63, 3.8) is 0 Å². The summed E-state index contributed by atoms with van der Waals surface area (Å²) >= 11 is 0. The largest absolute Gasteiger partial charge is 0.489 e. The van der Waals surface area contributed by atoms with Gasteiger partial charge in [-0.3, -0.25) is 0 Å². The van der Waals surface area contributed by atoms with Crippen LogP contribution in [-0.2, 0) is 19.0 Å². The average Bonchev–Trinajstić information content (AvgIpc) is 2.57. The molecular weight excluding hydrogens is 314 g/mol. The Hall–Kier alpha value is -2.54. The molecule has 0 aromatic heterocycles. The zero-order valence-electron chi connectivity index (χ0n) is 13.9. The van der Waals surface area contributed by atoms with Gasteiger partial charge in [-0.1, -0.05) is 24.8 Å². The van der Waals surface area contributed by atoms with Gasteiger partial charge in [0.25, 0.3) is 0 Å². The average molecular weight is 337 g/mol. The van der Waals surface area contributed by atoms with Crippen molar-refractivity contribution in [2.24, 2.45) is 0 Å². The molecule has 1 amide bonds. The van der Waals surface area contributed by atoms with Crippen LogP contribution in [-0.4, -0.2) is 51.6 Å². The molecule has 0 bridgehead atoms. The quantitative estimate of drug-likeness (QED) is 0.398. The summed E-state index contributed by atoms with van der Waals surface area (Å²) in [6.45, 7) is 5.74. The van der Waals surface area contributed by atoms with Crippen molar-refractivity contribution in [1.29, 1.82) is 0 Å². The molecular formula is C17H23NO6. The molecule has 7 nitrogen and oxygen atoms in total. The minimum atomic E-state index is -0.639. The van der Waals surface area contributed by atoms with E-state index in [0.29, 0.717) is 0 Å². The van der Waals surface area contributed by atoms with Gasteiger partial charge in [0, 0.05) is 13.2 Å². The molecule has 0 saturated carbocycles. The Morgan fingerprint density at radius 1 is 1.29 bits per heavy atom. The summed E-state index contributed by atoms with van der Waals surface area (Å²) in [6, 6.07) is 7.55. The monoisotopic (exact) mass is 337 g/mol. The van der Waals surface area contributed by atoms with Crippen molar-refractivity contribution >= 4 is 12.1 Å². The molecule has 1 rings (SSSR count). The van der Waals surface area contributed by atoms with Crippen molar-refractivity contribution in [2.45, 2.75) is 13.0 Å². The van der Waals surface area contributed by atoms with E-state index in [1.165, 1.54) is 7.11 Å². The van der Waals surface area contributed by atoms with Crippen molar-refractivity contribution in [3.05, 3.63) is 42.5 Å². The smallest absolute Gasteiger partial charge is 0.407 e. The highest BCUT2D eigenvalue weighted by atomic mass is 16.6. The molecule has 0 fully saturated rings. The van der Waals surface area contributed by atoms with Gasteiger partial charge in [0.05, 0.1) is 13.2 Å². The molecule has 0 spiro atoms. The Balaban J connectivity index is 2.36. The molecule has 7 heteroatoms. The van der Waals surface area contributed by atoms with E-state index >= 15 is 0 Å². The number of benzene rings is 1. The second-order valence-corrected chi connectivity index (χ2v) is 4.86. The predicted molar refractivity (Wildman–Crippen MR) is 88.0 cm³/mol. The van der Waals surface area contributed by atoms with Gasteiger partial charge < -0.3 is 24.3 Å². The van der Waals surface area contributed by atoms with Crippen molar-refractivity contribution in [3.8, 4) is 5.75 Å². The molecule has 1 aromatic rings. The van der Waals surface area contributed by atoms with Crippen LogP contribution in [0.5, 0.6) is 5.75 Å². The van der Waals surface area contributed by atoms with E-state index in [0.717, 1.165) is 17.4 Å². The summed E-state index contributed by atoms with van der Waals surface area (Å²) in [5.74, 6) is 0.174. The Morgan fingerprint density at radius 3 is 2.71 bits per heavy atom. The summed E-state index contributed by atoms with van der Waals surface area (Å²) in [6.07, 6.45) is -0.152. The number of rotatable bonds is 10. The van der Waals surface area contributed by atoms with Gasteiger partial charge in [-0.25, -0.2) is 9.59 Å². The highest BCUT2D eigenvalue weighted by Crippen LogP contribution is 2.16. The van der Waals surface area contributed by atoms with Crippen LogP contribution in [0, 0.1) is 6.92 Å². The third kappa shape index (κ3) is 7.64. The van der Waals surface area contributed by atoms with Crippen LogP contribution in [0.3, 0.4) is 0 Å². The van der Waals surface area contributed by atoms with Crippen LogP contribution >= 0.6 is 0 Å². The van der Waals surface area contributed by atoms with Crippen molar-refractivity contribution < 1.29 is 28.5 Å². The van der Waals surface area contributed by atoms with Crippen LogP contribution in [0.1, 0.15) is 5.56 Å². The Morgan fingerprint density at radius 2 is 2.04 bits per heavy atom. The summed E-state index contributed by atoms with van der Waals surface area (Å²) in [7, 11) is 1.51. The van der Waals surface area contributed by atoms with Gasteiger partial charge in [-0.15, -0.1) is 0 Å². The van der Waals surface area contributed by atoms with Crippen molar-refractivity contribution in [2.75, 3.05) is 33.5 Å². The van der Waals surface area contributed by atoms with Gasteiger partial charge in [0.1, 0.15) is 19.0 Å². The SMILES string of the molecule is C=CC(=O)OCCNC(=O)OC(COC)COc1ccccc1C. The number of para-hydroxylation sites is 1. The number of alkyl carbamates (subject to hydrolysis) is 1. The molecule has 132 valence electrons. The fourth-order valence-electron chi connectivity index (χ4n) is 1.76. The Bertz CT molecular complexity index is 546. The van der Waals surface area contributed by atoms with Crippen molar-refractivity contribution in [1.82, 2.24) is 5.32 Å². The zero-order valence-corrected chi connectivity index (χ0v) is 13.9. The lowest BCUT2D eigenvalue weighted by molar-refractivity contribution is -0.137. The standard InChI is InChI=1S/C17H23NO6/c1-4-16(19)22-10-9-18-17(20)24-14(11-21-3)12-23-15-8-6-5-7-13(15)2/h4-8,14H,1,9-12H2,2-3H3,(H,18,20). The molecule has 1 atom stereocenters. The van der Waals surface area contributed by atoms with Crippen LogP contribution in [0.15, 0.2) is 36.9 Å². The van der Waals surface area contributed by atoms with Crippen LogP contribution in [0.25, 0.3) is 0 Å². The third-order valence-electron chi connectivity index (χ3n) is 2.93. The molecule has 24 heavy (non-hydrogen) atoms. The van der Waals surface area contributed by atoms with E-state index in [9.17, 15) is 9.59 Å². The van der Waals surface area contributed by atoms with E-state index in [-0.39, 0.29) is 26.4 Å². The molecule has 0 aliphatic heterocycles. The van der Waals surface area contributed by atoms with E-state index in [4.69, 9.17) is 18.9 Å². The molecule has 0 saturated heterocycles. The maximum Gasteiger partial charge on any atom is 0.407 e. The van der Waals surface area contributed by atoms with Gasteiger partial charge in [0.15, 0.2) is 6.10 Å². The van der Waals surface area contributed by atoms with Gasteiger partial charge in [-0.2, -0.15) is 0 Å². The highest BCUT2D eigenvalue weighted by molar-refractivity contribution is 5.81. The summed E-state index contributed by atoms with van der Waals surface area (Å²) in [5.41, 5.74) is 0.988. The summed E-state index contributed by atoms with van der Waals surface area (Å²) < 4.78 is 20.6. The van der Waals surface area contributed by atoms with E-state index in [2.05, 4.69) is 11.9 Å². The lowest BCUT2D eigenvalue weighted by Gasteiger charge is -2.18.